The fourth-order valence-corrected chi connectivity index (χ4v) is 1.48. The monoisotopic (exact) mass is 276 g/mol. The molecule has 0 saturated carbocycles. The molecule has 0 aromatic rings. The molecular formula is C12H24N2O5. The molecule has 1 unspecified atom stereocenters. The SMILES string of the molecule is COCCN(CCO)C(=O)NCC(C)CCC(=O)O. The fraction of sp³-hybridized carbons (Fsp3) is 0.833. The van der Waals surface area contributed by atoms with Crippen molar-refractivity contribution in [3.8, 4) is 0 Å². The summed E-state index contributed by atoms with van der Waals surface area (Å²) in [4.78, 5) is 23.7. The summed E-state index contributed by atoms with van der Waals surface area (Å²) >= 11 is 0. The van der Waals surface area contributed by atoms with E-state index in [1.54, 1.807) is 7.11 Å². The van der Waals surface area contributed by atoms with Gasteiger partial charge in [-0.15, -0.1) is 0 Å². The van der Waals surface area contributed by atoms with Gasteiger partial charge in [0.1, 0.15) is 0 Å². The third kappa shape index (κ3) is 9.26. The Morgan fingerprint density at radius 1 is 1.37 bits per heavy atom. The highest BCUT2D eigenvalue weighted by Crippen LogP contribution is 2.04. The maximum absolute atomic E-state index is 11.8. The quantitative estimate of drug-likeness (QED) is 0.527. The van der Waals surface area contributed by atoms with E-state index in [1.165, 1.54) is 4.90 Å². The van der Waals surface area contributed by atoms with Crippen LogP contribution < -0.4 is 5.32 Å². The second kappa shape index (κ2) is 10.6. The van der Waals surface area contributed by atoms with Crippen molar-refractivity contribution in [3.63, 3.8) is 0 Å². The van der Waals surface area contributed by atoms with Crippen LogP contribution in [0.1, 0.15) is 19.8 Å². The number of methoxy groups -OCH3 is 1. The van der Waals surface area contributed by atoms with E-state index in [-0.39, 0.29) is 31.5 Å². The maximum atomic E-state index is 11.8. The van der Waals surface area contributed by atoms with Crippen LogP contribution in [0, 0.1) is 5.92 Å². The van der Waals surface area contributed by atoms with Crippen molar-refractivity contribution in [2.45, 2.75) is 19.8 Å². The zero-order valence-corrected chi connectivity index (χ0v) is 11.6. The number of aliphatic hydroxyl groups excluding tert-OH is 1. The van der Waals surface area contributed by atoms with Crippen molar-refractivity contribution in [2.24, 2.45) is 5.92 Å². The summed E-state index contributed by atoms with van der Waals surface area (Å²) in [7, 11) is 1.54. The van der Waals surface area contributed by atoms with E-state index < -0.39 is 5.97 Å². The van der Waals surface area contributed by atoms with E-state index in [2.05, 4.69) is 5.32 Å². The molecule has 7 heteroatoms. The average Bonchev–Trinajstić information content (AvgIpc) is 2.38. The third-order valence-corrected chi connectivity index (χ3v) is 2.68. The number of amides is 2. The molecule has 0 aliphatic heterocycles. The first-order chi connectivity index (χ1) is 9.01. The number of nitrogens with one attached hydrogen (secondary N) is 1. The van der Waals surface area contributed by atoms with Gasteiger partial charge in [0.25, 0.3) is 0 Å². The number of nitrogens with zero attached hydrogens (tertiary/aromatic N) is 1. The van der Waals surface area contributed by atoms with Crippen LogP contribution in [0.2, 0.25) is 0 Å². The number of carbonyl (C=O) groups is 2. The summed E-state index contributed by atoms with van der Waals surface area (Å²) < 4.78 is 4.89. The lowest BCUT2D eigenvalue weighted by Gasteiger charge is -2.22. The van der Waals surface area contributed by atoms with Crippen LogP contribution in [-0.2, 0) is 9.53 Å². The molecule has 0 radical (unpaired) electrons. The molecule has 1 atom stereocenters. The van der Waals surface area contributed by atoms with Crippen LogP contribution in [0.3, 0.4) is 0 Å². The number of aliphatic hydroxyl groups is 1. The third-order valence-electron chi connectivity index (χ3n) is 2.68. The zero-order valence-electron chi connectivity index (χ0n) is 11.6. The van der Waals surface area contributed by atoms with E-state index in [0.717, 1.165) is 0 Å². The lowest BCUT2D eigenvalue weighted by atomic mass is 10.1. The number of urea groups is 1. The fourth-order valence-electron chi connectivity index (χ4n) is 1.48. The summed E-state index contributed by atoms with van der Waals surface area (Å²) in [6.45, 7) is 3.26. The van der Waals surface area contributed by atoms with E-state index in [4.69, 9.17) is 14.9 Å². The summed E-state index contributed by atoms with van der Waals surface area (Å²) in [6.07, 6.45) is 0.620. The number of carbonyl (C=O) groups excluding carboxylic acids is 1. The lowest BCUT2D eigenvalue weighted by Crippen LogP contribution is -2.44. The van der Waals surface area contributed by atoms with Gasteiger partial charge in [-0.2, -0.15) is 0 Å². The van der Waals surface area contributed by atoms with Gasteiger partial charge in [0.2, 0.25) is 0 Å². The van der Waals surface area contributed by atoms with Crippen molar-refractivity contribution in [2.75, 3.05) is 40.0 Å². The summed E-state index contributed by atoms with van der Waals surface area (Å²) in [5, 5.41) is 20.2. The van der Waals surface area contributed by atoms with E-state index in [0.29, 0.717) is 26.1 Å². The Labute approximate surface area is 113 Å². The zero-order chi connectivity index (χ0) is 14.7. The Hall–Kier alpha value is -1.34. The number of hydrogen-bond acceptors (Lipinski definition) is 4. The van der Waals surface area contributed by atoms with Gasteiger partial charge in [0, 0.05) is 33.2 Å². The van der Waals surface area contributed by atoms with Crippen LogP contribution in [0.15, 0.2) is 0 Å². The second-order valence-corrected chi connectivity index (χ2v) is 4.43. The van der Waals surface area contributed by atoms with Gasteiger partial charge in [0.05, 0.1) is 13.2 Å². The molecule has 112 valence electrons. The molecule has 0 rings (SSSR count). The molecule has 3 N–H and O–H groups in total. The minimum atomic E-state index is -0.833. The molecule has 0 saturated heterocycles. The van der Waals surface area contributed by atoms with E-state index in [1.807, 2.05) is 6.92 Å². The number of aliphatic carboxylic acids is 1. The smallest absolute Gasteiger partial charge is 0.317 e. The van der Waals surface area contributed by atoms with Gasteiger partial charge in [-0.1, -0.05) is 6.92 Å². The van der Waals surface area contributed by atoms with Crippen molar-refractivity contribution in [3.05, 3.63) is 0 Å². The molecule has 0 aliphatic carbocycles. The molecule has 0 heterocycles. The molecular weight excluding hydrogens is 252 g/mol. The molecule has 0 aliphatic rings. The number of rotatable bonds is 10. The first-order valence-electron chi connectivity index (χ1n) is 6.35. The first-order valence-corrected chi connectivity index (χ1v) is 6.35. The molecule has 0 aromatic heterocycles. The second-order valence-electron chi connectivity index (χ2n) is 4.43. The van der Waals surface area contributed by atoms with Crippen LogP contribution in [-0.4, -0.2) is 67.1 Å². The van der Waals surface area contributed by atoms with Crippen LogP contribution in [0.25, 0.3) is 0 Å². The van der Waals surface area contributed by atoms with Gasteiger partial charge in [-0.05, 0) is 12.3 Å². The van der Waals surface area contributed by atoms with Gasteiger partial charge < -0.3 is 25.2 Å². The Bertz CT molecular complexity index is 273. The van der Waals surface area contributed by atoms with Crippen LogP contribution in [0.5, 0.6) is 0 Å². The minimum absolute atomic E-state index is 0.0958. The molecule has 0 fully saturated rings. The highest BCUT2D eigenvalue weighted by Gasteiger charge is 2.13. The predicted octanol–water partition coefficient (Wildman–Crippen LogP) is 0.138. The number of carboxylic acid groups (broad SMARTS) is 1. The Kier molecular flexibility index (Phi) is 9.82. The van der Waals surface area contributed by atoms with Crippen LogP contribution >= 0.6 is 0 Å². The first kappa shape index (κ1) is 17.7. The lowest BCUT2D eigenvalue weighted by molar-refractivity contribution is -0.137. The van der Waals surface area contributed by atoms with Gasteiger partial charge in [-0.25, -0.2) is 4.79 Å². The summed E-state index contributed by atoms with van der Waals surface area (Å²) in [5.74, 6) is -0.737. The van der Waals surface area contributed by atoms with Crippen molar-refractivity contribution < 1.29 is 24.5 Å². The number of carboxylic acids is 1. The topological polar surface area (TPSA) is 99.1 Å². The molecule has 0 aromatic carbocycles. The molecule has 19 heavy (non-hydrogen) atoms. The Morgan fingerprint density at radius 2 is 2.05 bits per heavy atom. The van der Waals surface area contributed by atoms with Crippen molar-refractivity contribution in [1.29, 1.82) is 0 Å². The Balaban J connectivity index is 3.99. The van der Waals surface area contributed by atoms with E-state index in [9.17, 15) is 9.59 Å². The highest BCUT2D eigenvalue weighted by atomic mass is 16.5. The standard InChI is InChI=1S/C12H24N2O5/c1-10(3-4-11(16)17)9-13-12(18)14(5-7-15)6-8-19-2/h10,15H,3-9H2,1-2H3,(H,13,18)(H,16,17). The Morgan fingerprint density at radius 3 is 2.58 bits per heavy atom. The summed E-state index contributed by atoms with van der Waals surface area (Å²) in [6, 6.07) is -0.270. The van der Waals surface area contributed by atoms with Gasteiger partial charge >= 0.3 is 12.0 Å². The molecule has 0 spiro atoms. The normalized spacial score (nSPS) is 11.9. The largest absolute Gasteiger partial charge is 0.481 e. The molecule has 7 nitrogen and oxygen atoms in total. The van der Waals surface area contributed by atoms with Gasteiger partial charge in [0.15, 0.2) is 0 Å². The van der Waals surface area contributed by atoms with Crippen molar-refractivity contribution >= 4 is 12.0 Å². The molecule has 2 amide bonds. The predicted molar refractivity (Wildman–Crippen MR) is 70.0 cm³/mol. The highest BCUT2D eigenvalue weighted by molar-refractivity contribution is 5.74. The van der Waals surface area contributed by atoms with Gasteiger partial charge in [-0.3, -0.25) is 4.79 Å². The van der Waals surface area contributed by atoms with Crippen LogP contribution in [0.4, 0.5) is 4.79 Å². The maximum Gasteiger partial charge on any atom is 0.317 e. The number of ether oxygens (including phenoxy) is 1. The summed E-state index contributed by atoms with van der Waals surface area (Å²) in [5.41, 5.74) is 0. The average molecular weight is 276 g/mol. The van der Waals surface area contributed by atoms with E-state index >= 15 is 0 Å². The number of hydrogen-bond donors (Lipinski definition) is 3. The minimum Gasteiger partial charge on any atom is -0.481 e. The molecule has 0 bridgehead atoms. The van der Waals surface area contributed by atoms with Crippen molar-refractivity contribution in [1.82, 2.24) is 10.2 Å².